The Balaban J connectivity index is 3.94. The van der Waals surface area contributed by atoms with Crippen LogP contribution in [0.15, 0.2) is 0 Å². The number of nitrogens with one attached hydrogen (secondary N) is 1. The minimum absolute atomic E-state index is 0.319. The van der Waals surface area contributed by atoms with Crippen LogP contribution in [0.2, 0.25) is 0 Å². The molecule has 0 unspecified atom stereocenters. The number of ether oxygens (including phenoxy) is 1. The van der Waals surface area contributed by atoms with E-state index < -0.39 is 12.0 Å². The van der Waals surface area contributed by atoms with Crippen molar-refractivity contribution in [2.75, 3.05) is 13.7 Å². The monoisotopic (exact) mass is 177 g/mol. The molecule has 0 aromatic rings. The summed E-state index contributed by atoms with van der Waals surface area (Å²) in [7, 11) is 1.26. The lowest BCUT2D eigenvalue weighted by atomic mass is 10.3. The van der Waals surface area contributed by atoms with Gasteiger partial charge in [0.15, 0.2) is 0 Å². The lowest BCUT2D eigenvalue weighted by Crippen LogP contribution is -2.42. The SMILES string of the molecule is COC(=O)[C@H](CO)NC(C)=S. The molecule has 0 rings (SSSR count). The minimum atomic E-state index is -0.738. The van der Waals surface area contributed by atoms with E-state index in [2.05, 4.69) is 22.3 Å². The zero-order valence-corrected chi connectivity index (χ0v) is 7.27. The van der Waals surface area contributed by atoms with Gasteiger partial charge in [-0.3, -0.25) is 0 Å². The van der Waals surface area contributed by atoms with Gasteiger partial charge >= 0.3 is 5.97 Å². The molecule has 0 aliphatic heterocycles. The Morgan fingerprint density at radius 1 is 1.82 bits per heavy atom. The molecule has 0 aliphatic rings. The predicted molar refractivity (Wildman–Crippen MR) is 44.3 cm³/mol. The number of aliphatic hydroxyl groups excluding tert-OH is 1. The van der Waals surface area contributed by atoms with Crippen LogP contribution in [0.4, 0.5) is 0 Å². The third-order valence-electron chi connectivity index (χ3n) is 1.05. The van der Waals surface area contributed by atoms with Crippen LogP contribution < -0.4 is 5.32 Å². The Morgan fingerprint density at radius 2 is 2.36 bits per heavy atom. The van der Waals surface area contributed by atoms with Crippen molar-refractivity contribution in [2.24, 2.45) is 0 Å². The molecule has 0 spiro atoms. The van der Waals surface area contributed by atoms with E-state index in [1.807, 2.05) is 0 Å². The van der Waals surface area contributed by atoms with E-state index in [0.717, 1.165) is 0 Å². The van der Waals surface area contributed by atoms with Gasteiger partial charge in [-0.25, -0.2) is 4.79 Å². The Bertz CT molecular complexity index is 160. The van der Waals surface area contributed by atoms with Crippen LogP contribution in [0, 0.1) is 0 Å². The summed E-state index contributed by atoms with van der Waals surface area (Å²) in [6.07, 6.45) is 0. The van der Waals surface area contributed by atoms with Crippen molar-refractivity contribution >= 4 is 23.2 Å². The van der Waals surface area contributed by atoms with Crippen molar-refractivity contribution in [1.29, 1.82) is 0 Å². The first kappa shape index (κ1) is 10.3. The summed E-state index contributed by atoms with van der Waals surface area (Å²) >= 11 is 4.68. The molecular weight excluding hydrogens is 166 g/mol. The van der Waals surface area contributed by atoms with Crippen LogP contribution >= 0.6 is 12.2 Å². The molecule has 0 radical (unpaired) electrons. The molecule has 0 aromatic heterocycles. The van der Waals surface area contributed by atoms with E-state index in [0.29, 0.717) is 4.99 Å². The Kier molecular flexibility index (Phi) is 4.72. The number of carbonyl (C=O) groups excluding carboxylic acids is 1. The summed E-state index contributed by atoms with van der Waals surface area (Å²) < 4.78 is 4.38. The van der Waals surface area contributed by atoms with Gasteiger partial charge < -0.3 is 15.2 Å². The molecule has 1 atom stereocenters. The second kappa shape index (κ2) is 5.03. The van der Waals surface area contributed by atoms with Gasteiger partial charge in [-0.2, -0.15) is 0 Å². The molecule has 0 heterocycles. The molecule has 0 saturated carbocycles. The van der Waals surface area contributed by atoms with Crippen LogP contribution in [0.1, 0.15) is 6.92 Å². The van der Waals surface area contributed by atoms with Gasteiger partial charge in [0.25, 0.3) is 0 Å². The smallest absolute Gasteiger partial charge is 0.330 e. The Hall–Kier alpha value is -0.680. The summed E-state index contributed by atoms with van der Waals surface area (Å²) in [6.45, 7) is 1.31. The summed E-state index contributed by atoms with van der Waals surface area (Å²) in [5.41, 5.74) is 0. The molecule has 0 saturated heterocycles. The zero-order chi connectivity index (χ0) is 8.85. The highest BCUT2D eigenvalue weighted by Crippen LogP contribution is 1.86. The number of thiocarbonyl (C=S) groups is 1. The molecule has 5 heteroatoms. The highest BCUT2D eigenvalue weighted by molar-refractivity contribution is 7.80. The highest BCUT2D eigenvalue weighted by Gasteiger charge is 2.16. The molecule has 64 valence electrons. The summed E-state index contributed by atoms with van der Waals surface area (Å²) in [5, 5.41) is 11.2. The second-order valence-corrected chi connectivity index (χ2v) is 2.57. The zero-order valence-electron chi connectivity index (χ0n) is 6.46. The number of esters is 1. The van der Waals surface area contributed by atoms with Crippen LogP contribution in [-0.4, -0.2) is 35.8 Å². The van der Waals surface area contributed by atoms with E-state index in [-0.39, 0.29) is 6.61 Å². The second-order valence-electron chi connectivity index (χ2n) is 1.96. The molecule has 0 amide bonds. The van der Waals surface area contributed by atoms with Gasteiger partial charge in [-0.05, 0) is 6.92 Å². The maximum atomic E-state index is 10.8. The largest absolute Gasteiger partial charge is 0.467 e. The van der Waals surface area contributed by atoms with Crippen molar-refractivity contribution < 1.29 is 14.6 Å². The average molecular weight is 177 g/mol. The van der Waals surface area contributed by atoms with Crippen LogP contribution in [0.25, 0.3) is 0 Å². The fourth-order valence-electron chi connectivity index (χ4n) is 0.567. The number of hydrogen-bond acceptors (Lipinski definition) is 4. The third-order valence-corrected chi connectivity index (χ3v) is 1.16. The molecule has 0 bridgehead atoms. The number of hydrogen-bond donors (Lipinski definition) is 2. The van der Waals surface area contributed by atoms with Crippen LogP contribution in [-0.2, 0) is 9.53 Å². The molecule has 0 aliphatic carbocycles. The van der Waals surface area contributed by atoms with Gasteiger partial charge in [0.05, 0.1) is 18.7 Å². The summed E-state index contributed by atoms with van der Waals surface area (Å²) in [5.74, 6) is -0.517. The van der Waals surface area contributed by atoms with Gasteiger partial charge in [-0.1, -0.05) is 12.2 Å². The van der Waals surface area contributed by atoms with Crippen molar-refractivity contribution in [2.45, 2.75) is 13.0 Å². The first-order chi connectivity index (χ1) is 5.11. The molecule has 2 N–H and O–H groups in total. The van der Waals surface area contributed by atoms with Crippen molar-refractivity contribution in [3.05, 3.63) is 0 Å². The van der Waals surface area contributed by atoms with E-state index in [1.54, 1.807) is 6.92 Å². The fraction of sp³-hybridized carbons (Fsp3) is 0.667. The maximum Gasteiger partial charge on any atom is 0.330 e. The topological polar surface area (TPSA) is 58.6 Å². The molecule has 0 aromatic carbocycles. The average Bonchev–Trinajstić information content (AvgIpc) is 1.98. The van der Waals surface area contributed by atoms with Crippen LogP contribution in [0.5, 0.6) is 0 Å². The molecular formula is C6H11NO3S. The van der Waals surface area contributed by atoms with Gasteiger partial charge in [0, 0.05) is 0 Å². The van der Waals surface area contributed by atoms with E-state index in [9.17, 15) is 4.79 Å². The van der Waals surface area contributed by atoms with Crippen molar-refractivity contribution in [3.8, 4) is 0 Å². The van der Waals surface area contributed by atoms with Crippen LogP contribution in [0.3, 0.4) is 0 Å². The number of rotatable bonds is 3. The number of aliphatic hydroxyl groups is 1. The first-order valence-corrected chi connectivity index (χ1v) is 3.48. The summed E-state index contributed by atoms with van der Waals surface area (Å²) in [4.78, 5) is 11.2. The fourth-order valence-corrected chi connectivity index (χ4v) is 0.709. The molecule has 4 nitrogen and oxygen atoms in total. The van der Waals surface area contributed by atoms with Crippen molar-refractivity contribution in [1.82, 2.24) is 5.32 Å². The lowest BCUT2D eigenvalue weighted by Gasteiger charge is -2.12. The minimum Gasteiger partial charge on any atom is -0.467 e. The standard InChI is InChI=1S/C6H11NO3S/c1-4(11)7-5(3-8)6(9)10-2/h5,8H,3H2,1-2H3,(H,7,11)/t5-/m0/s1. The normalized spacial score (nSPS) is 11.9. The Morgan fingerprint density at radius 3 is 2.64 bits per heavy atom. The molecule has 11 heavy (non-hydrogen) atoms. The number of carbonyl (C=O) groups is 1. The summed E-state index contributed by atoms with van der Waals surface area (Å²) in [6, 6.07) is -0.738. The lowest BCUT2D eigenvalue weighted by molar-refractivity contribution is -0.143. The highest BCUT2D eigenvalue weighted by atomic mass is 32.1. The van der Waals surface area contributed by atoms with Gasteiger partial charge in [0.1, 0.15) is 6.04 Å². The van der Waals surface area contributed by atoms with Crippen molar-refractivity contribution in [3.63, 3.8) is 0 Å². The first-order valence-electron chi connectivity index (χ1n) is 3.07. The number of methoxy groups -OCH3 is 1. The molecule has 0 fully saturated rings. The van der Waals surface area contributed by atoms with E-state index in [4.69, 9.17) is 5.11 Å². The van der Waals surface area contributed by atoms with Gasteiger partial charge in [0.2, 0.25) is 0 Å². The quantitative estimate of drug-likeness (QED) is 0.448. The predicted octanol–water partition coefficient (Wildman–Crippen LogP) is -0.543. The maximum absolute atomic E-state index is 10.8. The van der Waals surface area contributed by atoms with E-state index in [1.165, 1.54) is 7.11 Å². The van der Waals surface area contributed by atoms with E-state index >= 15 is 0 Å². The third kappa shape index (κ3) is 3.90. The van der Waals surface area contributed by atoms with Gasteiger partial charge in [-0.15, -0.1) is 0 Å². The Labute approximate surface area is 70.5 Å².